The molecule has 0 saturated carbocycles. The Morgan fingerprint density at radius 3 is 2.28 bits per heavy atom. The highest BCUT2D eigenvalue weighted by Gasteiger charge is 2.11. The van der Waals surface area contributed by atoms with E-state index in [1.165, 1.54) is 6.08 Å². The van der Waals surface area contributed by atoms with Crippen LogP contribution in [0.5, 0.6) is 5.75 Å². The van der Waals surface area contributed by atoms with E-state index in [4.69, 9.17) is 9.84 Å². The number of aryl methyl sites for hydroxylation is 2. The summed E-state index contributed by atoms with van der Waals surface area (Å²) in [5.74, 6) is -0.0898. The number of aliphatic carboxylic acids is 1. The zero-order valence-corrected chi connectivity index (χ0v) is 11.4. The molecule has 0 unspecified atom stereocenters. The third kappa shape index (κ3) is 3.36. The van der Waals surface area contributed by atoms with Gasteiger partial charge in [-0.2, -0.15) is 0 Å². The maximum atomic E-state index is 10.9. The standard InChI is InChI=1S/C15H20O3/c1-5-6-12(9-14(16)17)15-10(2)7-13(18-4)8-11(15)3/h7-9H,5-6H2,1-4H3,(H,16,17)/b12-9+. The van der Waals surface area contributed by atoms with Crippen molar-refractivity contribution >= 4 is 11.5 Å². The summed E-state index contributed by atoms with van der Waals surface area (Å²) in [5, 5.41) is 8.95. The number of ether oxygens (including phenoxy) is 1. The summed E-state index contributed by atoms with van der Waals surface area (Å²) >= 11 is 0. The number of allylic oxidation sites excluding steroid dienone is 1. The van der Waals surface area contributed by atoms with Gasteiger partial charge < -0.3 is 9.84 Å². The maximum Gasteiger partial charge on any atom is 0.328 e. The van der Waals surface area contributed by atoms with Crippen molar-refractivity contribution in [3.8, 4) is 5.75 Å². The molecule has 0 fully saturated rings. The Kier molecular flexibility index (Phi) is 4.95. The van der Waals surface area contributed by atoms with E-state index in [2.05, 4.69) is 0 Å². The fourth-order valence-electron chi connectivity index (χ4n) is 2.24. The molecule has 0 aromatic heterocycles. The second-order valence-electron chi connectivity index (χ2n) is 4.39. The Morgan fingerprint density at radius 1 is 1.33 bits per heavy atom. The average molecular weight is 248 g/mol. The molecule has 98 valence electrons. The Labute approximate surface area is 108 Å². The van der Waals surface area contributed by atoms with Gasteiger partial charge in [0, 0.05) is 6.08 Å². The molecular formula is C15H20O3. The minimum Gasteiger partial charge on any atom is -0.497 e. The first-order chi connectivity index (χ1) is 8.49. The number of carboxylic acid groups (broad SMARTS) is 1. The number of methoxy groups -OCH3 is 1. The molecule has 0 spiro atoms. The monoisotopic (exact) mass is 248 g/mol. The van der Waals surface area contributed by atoms with Crippen LogP contribution in [0, 0.1) is 13.8 Å². The van der Waals surface area contributed by atoms with E-state index in [1.807, 2.05) is 32.9 Å². The van der Waals surface area contributed by atoms with Crippen molar-refractivity contribution in [3.63, 3.8) is 0 Å². The minimum atomic E-state index is -0.895. The summed E-state index contributed by atoms with van der Waals surface area (Å²) < 4.78 is 5.22. The van der Waals surface area contributed by atoms with Gasteiger partial charge in [0.25, 0.3) is 0 Å². The van der Waals surface area contributed by atoms with Crippen LogP contribution in [0.25, 0.3) is 5.57 Å². The van der Waals surface area contributed by atoms with Gasteiger partial charge in [0.05, 0.1) is 7.11 Å². The Balaban J connectivity index is 3.33. The van der Waals surface area contributed by atoms with Gasteiger partial charge in [0.1, 0.15) is 5.75 Å². The molecule has 3 nitrogen and oxygen atoms in total. The summed E-state index contributed by atoms with van der Waals surface area (Å²) in [6.45, 7) is 6.01. The van der Waals surface area contributed by atoms with E-state index >= 15 is 0 Å². The van der Waals surface area contributed by atoms with Crippen molar-refractivity contribution in [1.82, 2.24) is 0 Å². The van der Waals surface area contributed by atoms with Crippen molar-refractivity contribution in [2.75, 3.05) is 7.11 Å². The molecule has 0 atom stereocenters. The molecule has 0 heterocycles. The lowest BCUT2D eigenvalue weighted by Crippen LogP contribution is -1.99. The summed E-state index contributed by atoms with van der Waals surface area (Å²) in [5.41, 5.74) is 4.00. The highest BCUT2D eigenvalue weighted by molar-refractivity contribution is 5.91. The number of hydrogen-bond acceptors (Lipinski definition) is 2. The highest BCUT2D eigenvalue weighted by Crippen LogP contribution is 2.30. The van der Waals surface area contributed by atoms with Crippen molar-refractivity contribution in [2.45, 2.75) is 33.6 Å². The van der Waals surface area contributed by atoms with Crippen LogP contribution < -0.4 is 4.74 Å². The van der Waals surface area contributed by atoms with Crippen LogP contribution in [0.1, 0.15) is 36.5 Å². The lowest BCUT2D eigenvalue weighted by atomic mass is 9.92. The minimum absolute atomic E-state index is 0.764. The first-order valence-electron chi connectivity index (χ1n) is 6.08. The number of benzene rings is 1. The normalized spacial score (nSPS) is 11.4. The SMILES string of the molecule is CCC/C(=C\C(=O)O)c1c(C)cc(OC)cc1C. The Morgan fingerprint density at radius 2 is 1.89 bits per heavy atom. The van der Waals surface area contributed by atoms with E-state index in [0.717, 1.165) is 40.9 Å². The van der Waals surface area contributed by atoms with E-state index in [1.54, 1.807) is 7.11 Å². The molecule has 1 aromatic rings. The van der Waals surface area contributed by atoms with Crippen LogP contribution in [-0.2, 0) is 4.79 Å². The second kappa shape index (κ2) is 6.24. The number of hydrogen-bond donors (Lipinski definition) is 1. The highest BCUT2D eigenvalue weighted by atomic mass is 16.5. The van der Waals surface area contributed by atoms with Gasteiger partial charge in [0.2, 0.25) is 0 Å². The third-order valence-electron chi connectivity index (χ3n) is 2.88. The molecular weight excluding hydrogens is 228 g/mol. The third-order valence-corrected chi connectivity index (χ3v) is 2.88. The zero-order valence-electron chi connectivity index (χ0n) is 11.4. The van der Waals surface area contributed by atoms with E-state index in [9.17, 15) is 4.79 Å². The maximum absolute atomic E-state index is 10.9. The van der Waals surface area contributed by atoms with Gasteiger partial charge in [-0.25, -0.2) is 4.79 Å². The molecule has 3 heteroatoms. The van der Waals surface area contributed by atoms with Gasteiger partial charge in [-0.3, -0.25) is 0 Å². The van der Waals surface area contributed by atoms with Crippen LogP contribution in [0.3, 0.4) is 0 Å². The molecule has 18 heavy (non-hydrogen) atoms. The molecule has 1 rings (SSSR count). The van der Waals surface area contributed by atoms with E-state index in [-0.39, 0.29) is 0 Å². The first kappa shape index (κ1) is 14.3. The molecule has 0 aliphatic heterocycles. The van der Waals surface area contributed by atoms with Crippen molar-refractivity contribution < 1.29 is 14.6 Å². The number of carbonyl (C=O) groups is 1. The van der Waals surface area contributed by atoms with E-state index in [0.29, 0.717) is 0 Å². The quantitative estimate of drug-likeness (QED) is 0.810. The van der Waals surface area contributed by atoms with Gasteiger partial charge in [-0.15, -0.1) is 0 Å². The summed E-state index contributed by atoms with van der Waals surface area (Å²) in [6, 6.07) is 3.88. The molecule has 0 bridgehead atoms. The van der Waals surface area contributed by atoms with Crippen LogP contribution >= 0.6 is 0 Å². The molecule has 0 radical (unpaired) electrons. The van der Waals surface area contributed by atoms with Gasteiger partial charge in [-0.05, 0) is 54.7 Å². The average Bonchev–Trinajstić information content (AvgIpc) is 2.27. The molecule has 1 aromatic carbocycles. The number of rotatable bonds is 5. The van der Waals surface area contributed by atoms with Crippen LogP contribution in [-0.4, -0.2) is 18.2 Å². The van der Waals surface area contributed by atoms with Gasteiger partial charge in [0.15, 0.2) is 0 Å². The molecule has 0 aliphatic carbocycles. The van der Waals surface area contributed by atoms with E-state index < -0.39 is 5.97 Å². The zero-order chi connectivity index (χ0) is 13.7. The van der Waals surface area contributed by atoms with Crippen molar-refractivity contribution in [1.29, 1.82) is 0 Å². The van der Waals surface area contributed by atoms with Crippen LogP contribution in [0.2, 0.25) is 0 Å². The molecule has 1 N–H and O–H groups in total. The Bertz CT molecular complexity index is 450. The lowest BCUT2D eigenvalue weighted by Gasteiger charge is -2.14. The largest absolute Gasteiger partial charge is 0.497 e. The topological polar surface area (TPSA) is 46.5 Å². The van der Waals surface area contributed by atoms with Crippen molar-refractivity contribution in [2.24, 2.45) is 0 Å². The van der Waals surface area contributed by atoms with Crippen molar-refractivity contribution in [3.05, 3.63) is 34.9 Å². The summed E-state index contributed by atoms with van der Waals surface area (Å²) in [7, 11) is 1.63. The summed E-state index contributed by atoms with van der Waals surface area (Å²) in [6.07, 6.45) is 3.00. The Hall–Kier alpha value is -1.77. The van der Waals surface area contributed by atoms with Gasteiger partial charge in [-0.1, -0.05) is 13.3 Å². The van der Waals surface area contributed by atoms with Crippen LogP contribution in [0.4, 0.5) is 0 Å². The fourth-order valence-corrected chi connectivity index (χ4v) is 2.24. The molecule has 0 aliphatic rings. The first-order valence-corrected chi connectivity index (χ1v) is 6.08. The molecule has 0 amide bonds. The van der Waals surface area contributed by atoms with Crippen LogP contribution in [0.15, 0.2) is 18.2 Å². The predicted molar refractivity (Wildman–Crippen MR) is 73.0 cm³/mol. The predicted octanol–water partition coefficient (Wildman–Crippen LogP) is 3.58. The number of carboxylic acids is 1. The lowest BCUT2D eigenvalue weighted by molar-refractivity contribution is -0.131. The smallest absolute Gasteiger partial charge is 0.328 e. The van der Waals surface area contributed by atoms with Gasteiger partial charge >= 0.3 is 5.97 Å². The summed E-state index contributed by atoms with van der Waals surface area (Å²) in [4.78, 5) is 10.9. The fraction of sp³-hybridized carbons (Fsp3) is 0.400. The molecule has 0 saturated heterocycles. The second-order valence-corrected chi connectivity index (χ2v) is 4.39.